The van der Waals surface area contributed by atoms with Crippen molar-refractivity contribution in [1.29, 1.82) is 0 Å². The summed E-state index contributed by atoms with van der Waals surface area (Å²) in [6, 6.07) is 9.65. The minimum Gasteiger partial charge on any atom is -0.508 e. The number of aliphatic hydroxyl groups excluding tert-OH is 1. The van der Waals surface area contributed by atoms with E-state index in [1.54, 1.807) is 12.1 Å². The molecule has 4 rings (SSSR count). The number of H-pyrrole nitrogens is 1. The third kappa shape index (κ3) is 5.44. The smallest absolute Gasteiger partial charge is 0.204 e. The van der Waals surface area contributed by atoms with Gasteiger partial charge in [-0.15, -0.1) is 0 Å². The second kappa shape index (κ2) is 11.4. The van der Waals surface area contributed by atoms with Crippen molar-refractivity contribution in [3.8, 4) is 34.3 Å². The minimum absolute atomic E-state index is 0.0511. The normalized spacial score (nSPS) is 12.2. The highest BCUT2D eigenvalue weighted by molar-refractivity contribution is 5.93. The largest absolute Gasteiger partial charge is 0.508 e. The number of phenols is 2. The van der Waals surface area contributed by atoms with Gasteiger partial charge in [-0.05, 0) is 48.2 Å². The van der Waals surface area contributed by atoms with Gasteiger partial charge in [-0.3, -0.25) is 4.79 Å². The van der Waals surface area contributed by atoms with E-state index in [9.17, 15) is 20.1 Å². The molecule has 4 aromatic rings. The van der Waals surface area contributed by atoms with Crippen molar-refractivity contribution in [2.75, 3.05) is 20.3 Å². The summed E-state index contributed by atoms with van der Waals surface area (Å²) in [5.74, 6) is 0.476. The molecule has 0 aliphatic carbocycles. The Morgan fingerprint density at radius 2 is 1.81 bits per heavy atom. The molecule has 8 nitrogen and oxygen atoms in total. The average molecular weight is 508 g/mol. The predicted octanol–water partition coefficient (Wildman–Crippen LogP) is 5.54. The minimum atomic E-state index is -0.362. The number of fused-ring (bicyclic) bond motifs is 1. The number of aromatic nitrogens is 1. The number of aromatic hydroxyl groups is 2. The quantitative estimate of drug-likeness (QED) is 0.197. The Bertz CT molecular complexity index is 1390. The van der Waals surface area contributed by atoms with Crippen LogP contribution in [-0.4, -0.2) is 40.6 Å². The van der Waals surface area contributed by atoms with Gasteiger partial charge in [0.05, 0.1) is 13.7 Å². The first kappa shape index (κ1) is 26.2. The van der Waals surface area contributed by atoms with Crippen LogP contribution in [0.2, 0.25) is 0 Å². The van der Waals surface area contributed by atoms with Crippen LogP contribution in [-0.2, 0) is 0 Å². The van der Waals surface area contributed by atoms with E-state index in [0.717, 1.165) is 12.0 Å². The van der Waals surface area contributed by atoms with E-state index < -0.39 is 0 Å². The third-order valence-corrected chi connectivity index (χ3v) is 6.41. The van der Waals surface area contributed by atoms with E-state index in [1.165, 1.54) is 25.3 Å². The molecule has 0 bridgehead atoms. The number of benzene rings is 2. The Morgan fingerprint density at radius 1 is 1.05 bits per heavy atom. The molecule has 8 heteroatoms. The fourth-order valence-electron chi connectivity index (χ4n) is 4.54. The summed E-state index contributed by atoms with van der Waals surface area (Å²) in [4.78, 5) is 16.7. The number of aliphatic hydroxyl groups is 1. The molecule has 2 aromatic carbocycles. The maximum absolute atomic E-state index is 13.6. The summed E-state index contributed by atoms with van der Waals surface area (Å²) < 4.78 is 17.8. The van der Waals surface area contributed by atoms with Crippen molar-refractivity contribution in [2.24, 2.45) is 5.92 Å². The Balaban J connectivity index is 2.05. The van der Waals surface area contributed by atoms with E-state index in [4.69, 9.17) is 13.9 Å². The summed E-state index contributed by atoms with van der Waals surface area (Å²) in [6.45, 7) is 4.30. The number of aromatic amines is 1. The fourth-order valence-corrected chi connectivity index (χ4v) is 4.54. The summed E-state index contributed by atoms with van der Waals surface area (Å²) in [5, 5.41) is 30.7. The molecule has 2 aromatic heterocycles. The molecule has 0 saturated heterocycles. The second-order valence-electron chi connectivity index (χ2n) is 9.44. The average Bonchev–Trinajstić information content (AvgIpc) is 3.40. The summed E-state index contributed by atoms with van der Waals surface area (Å²) in [6.07, 6.45) is 5.59. The molecule has 0 aliphatic heterocycles. The van der Waals surface area contributed by atoms with Gasteiger partial charge in [0.2, 0.25) is 5.75 Å². The lowest BCUT2D eigenvalue weighted by atomic mass is 9.85. The van der Waals surface area contributed by atoms with Crippen LogP contribution in [0.15, 0.2) is 58.0 Å². The number of ether oxygens (including phenoxy) is 2. The summed E-state index contributed by atoms with van der Waals surface area (Å²) in [7, 11) is 1.41. The molecule has 196 valence electrons. The Hall–Kier alpha value is -3.91. The van der Waals surface area contributed by atoms with Crippen LogP contribution in [0.3, 0.4) is 0 Å². The molecule has 4 N–H and O–H groups in total. The van der Waals surface area contributed by atoms with Crippen molar-refractivity contribution in [1.82, 2.24) is 4.98 Å². The number of hydrogen-bond acceptors (Lipinski definition) is 7. The van der Waals surface area contributed by atoms with Crippen LogP contribution in [0.4, 0.5) is 0 Å². The lowest BCUT2D eigenvalue weighted by Gasteiger charge is -2.23. The number of rotatable bonds is 11. The maximum atomic E-state index is 13.6. The summed E-state index contributed by atoms with van der Waals surface area (Å²) >= 11 is 0. The number of methoxy groups -OCH3 is 1. The van der Waals surface area contributed by atoms with E-state index in [2.05, 4.69) is 18.8 Å². The van der Waals surface area contributed by atoms with E-state index >= 15 is 0 Å². The molecule has 0 radical (unpaired) electrons. The molecule has 2 heterocycles. The van der Waals surface area contributed by atoms with Crippen molar-refractivity contribution in [2.45, 2.75) is 39.0 Å². The first-order chi connectivity index (χ1) is 17.8. The fraction of sp³-hybridized carbons (Fsp3) is 0.345. The molecule has 1 atom stereocenters. The van der Waals surface area contributed by atoms with E-state index in [1.807, 2.05) is 18.5 Å². The highest BCUT2D eigenvalue weighted by Crippen LogP contribution is 2.50. The van der Waals surface area contributed by atoms with Gasteiger partial charge in [0, 0.05) is 48.5 Å². The second-order valence-corrected chi connectivity index (χ2v) is 9.44. The zero-order valence-corrected chi connectivity index (χ0v) is 21.3. The zero-order valence-electron chi connectivity index (χ0n) is 21.3. The van der Waals surface area contributed by atoms with Crippen LogP contribution < -0.4 is 14.9 Å². The van der Waals surface area contributed by atoms with Crippen molar-refractivity contribution >= 4 is 11.0 Å². The Morgan fingerprint density at radius 3 is 2.43 bits per heavy atom. The van der Waals surface area contributed by atoms with Crippen molar-refractivity contribution < 1.29 is 29.2 Å². The molecule has 0 saturated carbocycles. The first-order valence-corrected chi connectivity index (χ1v) is 12.4. The number of nitrogens with one attached hydrogen (secondary N) is 1. The molecule has 37 heavy (non-hydrogen) atoms. The first-order valence-electron chi connectivity index (χ1n) is 12.4. The lowest BCUT2D eigenvalue weighted by molar-refractivity contribution is 0.228. The van der Waals surface area contributed by atoms with Crippen molar-refractivity contribution in [3.05, 3.63) is 70.1 Å². The SMILES string of the molecule is COc1c(O)c([C@H](CCC(C)C)c2cc[nH]c2)c2oc(-c3ccc(O)cc3)cc(=O)c2c1OCCCO. The molecule has 0 aliphatic rings. The monoisotopic (exact) mass is 507 g/mol. The maximum Gasteiger partial charge on any atom is 0.204 e. The van der Waals surface area contributed by atoms with Gasteiger partial charge >= 0.3 is 0 Å². The van der Waals surface area contributed by atoms with Gasteiger partial charge < -0.3 is 34.2 Å². The van der Waals surface area contributed by atoms with Crippen LogP contribution in [0.1, 0.15) is 50.2 Å². The zero-order chi connectivity index (χ0) is 26.5. The van der Waals surface area contributed by atoms with Gasteiger partial charge in [0.25, 0.3) is 0 Å². The van der Waals surface area contributed by atoms with Gasteiger partial charge in [0.1, 0.15) is 22.5 Å². The van der Waals surface area contributed by atoms with Crippen LogP contribution >= 0.6 is 0 Å². The Labute approximate surface area is 215 Å². The van der Waals surface area contributed by atoms with Gasteiger partial charge in [0.15, 0.2) is 16.9 Å². The number of phenolic OH excluding ortho intramolecular Hbond substituents is 2. The molecule has 0 amide bonds. The molecular formula is C29H33NO7. The molecular weight excluding hydrogens is 474 g/mol. The summed E-state index contributed by atoms with van der Waals surface area (Å²) in [5.41, 5.74) is 1.83. The van der Waals surface area contributed by atoms with E-state index in [-0.39, 0.29) is 58.5 Å². The van der Waals surface area contributed by atoms with Crippen molar-refractivity contribution in [3.63, 3.8) is 0 Å². The van der Waals surface area contributed by atoms with Gasteiger partial charge in [-0.1, -0.05) is 20.3 Å². The lowest BCUT2D eigenvalue weighted by Crippen LogP contribution is -2.12. The molecule has 0 spiro atoms. The third-order valence-electron chi connectivity index (χ3n) is 6.41. The van der Waals surface area contributed by atoms with Crippen LogP contribution in [0.25, 0.3) is 22.3 Å². The molecule has 0 unspecified atom stereocenters. The topological polar surface area (TPSA) is 125 Å². The highest BCUT2D eigenvalue weighted by atomic mass is 16.5. The standard InChI is InChI=1S/C29H33NO7/c1-17(2)5-10-21(19-11-12-30-16-19)24-26(34)29(35-3)28(36-14-4-13-31)25-22(33)15-23(37-27(24)25)18-6-8-20(32)9-7-18/h6-9,11-12,15-17,21,30-32,34H,4-5,10,13-14H2,1-3H3/t21-/m1/s1. The Kier molecular flexibility index (Phi) is 8.08. The van der Waals surface area contributed by atoms with Gasteiger partial charge in [-0.25, -0.2) is 0 Å². The van der Waals surface area contributed by atoms with Crippen LogP contribution in [0, 0.1) is 5.92 Å². The number of hydrogen-bond donors (Lipinski definition) is 4. The van der Waals surface area contributed by atoms with Gasteiger partial charge in [-0.2, -0.15) is 0 Å². The molecule has 0 fully saturated rings. The van der Waals surface area contributed by atoms with E-state index in [0.29, 0.717) is 35.6 Å². The predicted molar refractivity (Wildman–Crippen MR) is 142 cm³/mol. The van der Waals surface area contributed by atoms with Crippen LogP contribution in [0.5, 0.6) is 23.0 Å². The highest BCUT2D eigenvalue weighted by Gasteiger charge is 2.31.